The first-order valence-corrected chi connectivity index (χ1v) is 8.20. The smallest absolute Gasteiger partial charge is 0.215 e. The van der Waals surface area contributed by atoms with Crippen LogP contribution in [0.2, 0.25) is 0 Å². The van der Waals surface area contributed by atoms with E-state index in [2.05, 4.69) is 16.5 Å². The van der Waals surface area contributed by atoms with Crippen LogP contribution < -0.4 is 4.74 Å². The fourth-order valence-electron chi connectivity index (χ4n) is 3.36. The van der Waals surface area contributed by atoms with Crippen LogP contribution in [0.5, 0.6) is 5.88 Å². The van der Waals surface area contributed by atoms with E-state index in [1.165, 1.54) is 19.3 Å². The van der Waals surface area contributed by atoms with E-state index in [4.69, 9.17) is 21.3 Å². The third kappa shape index (κ3) is 3.00. The summed E-state index contributed by atoms with van der Waals surface area (Å²) >= 11 is 5.94. The third-order valence-corrected chi connectivity index (χ3v) is 4.61. The fraction of sp³-hybridized carbons (Fsp3) is 0.625. The van der Waals surface area contributed by atoms with Gasteiger partial charge in [-0.3, -0.25) is 0 Å². The largest absolute Gasteiger partial charge is 0.481 e. The zero-order chi connectivity index (χ0) is 14.8. The van der Waals surface area contributed by atoms with Gasteiger partial charge >= 0.3 is 0 Å². The maximum atomic E-state index is 5.94. The summed E-state index contributed by atoms with van der Waals surface area (Å²) in [6, 6.07) is 3.84. The second kappa shape index (κ2) is 6.22. The van der Waals surface area contributed by atoms with Gasteiger partial charge in [-0.2, -0.15) is 4.98 Å². The predicted octanol–water partition coefficient (Wildman–Crippen LogP) is 3.66. The summed E-state index contributed by atoms with van der Waals surface area (Å²) in [7, 11) is 1.65. The summed E-state index contributed by atoms with van der Waals surface area (Å²) in [4.78, 5) is 9.29. The average Bonchev–Trinajstić information content (AvgIpc) is 3.04. The standard InChI is InChI=1S/C16H22ClN3O/c1-11-3-4-12(9-11)10-20-14(7-8-17)18-13-5-6-15(21-2)19-16(13)20/h5-6,11-12H,3-4,7-10H2,1-2H3. The molecule has 0 bridgehead atoms. The lowest BCUT2D eigenvalue weighted by Gasteiger charge is -2.14. The topological polar surface area (TPSA) is 39.9 Å². The number of rotatable bonds is 5. The minimum atomic E-state index is 0.585. The van der Waals surface area contributed by atoms with Crippen molar-refractivity contribution in [1.29, 1.82) is 0 Å². The highest BCUT2D eigenvalue weighted by Crippen LogP contribution is 2.32. The van der Waals surface area contributed by atoms with E-state index < -0.39 is 0 Å². The lowest BCUT2D eigenvalue weighted by atomic mass is 10.1. The summed E-state index contributed by atoms with van der Waals surface area (Å²) in [6.45, 7) is 3.33. The Labute approximate surface area is 130 Å². The van der Waals surface area contributed by atoms with Crippen molar-refractivity contribution in [3.05, 3.63) is 18.0 Å². The molecule has 1 saturated carbocycles. The zero-order valence-corrected chi connectivity index (χ0v) is 13.4. The molecule has 0 saturated heterocycles. The molecule has 2 aromatic heterocycles. The Morgan fingerprint density at radius 1 is 1.33 bits per heavy atom. The van der Waals surface area contributed by atoms with Gasteiger partial charge in [-0.15, -0.1) is 11.6 Å². The van der Waals surface area contributed by atoms with Gasteiger partial charge in [0.2, 0.25) is 5.88 Å². The van der Waals surface area contributed by atoms with Gasteiger partial charge in [0, 0.05) is 24.9 Å². The van der Waals surface area contributed by atoms with Crippen LogP contribution in [0, 0.1) is 11.8 Å². The quantitative estimate of drug-likeness (QED) is 0.791. The van der Waals surface area contributed by atoms with E-state index in [0.717, 1.165) is 41.8 Å². The molecule has 2 aromatic rings. The first-order chi connectivity index (χ1) is 10.2. The molecule has 114 valence electrons. The minimum absolute atomic E-state index is 0.585. The molecule has 0 aliphatic heterocycles. The van der Waals surface area contributed by atoms with Crippen molar-refractivity contribution < 1.29 is 4.74 Å². The van der Waals surface area contributed by atoms with Crippen LogP contribution in [0.25, 0.3) is 11.2 Å². The molecule has 5 heteroatoms. The second-order valence-corrected chi connectivity index (χ2v) is 6.44. The van der Waals surface area contributed by atoms with Gasteiger partial charge in [-0.05, 0) is 30.7 Å². The zero-order valence-electron chi connectivity index (χ0n) is 12.7. The Bertz CT molecular complexity index is 625. The first kappa shape index (κ1) is 14.6. The predicted molar refractivity (Wildman–Crippen MR) is 85.0 cm³/mol. The molecule has 0 spiro atoms. The van der Waals surface area contributed by atoms with Gasteiger partial charge in [0.05, 0.1) is 7.11 Å². The average molecular weight is 308 g/mol. The molecule has 1 aliphatic rings. The lowest BCUT2D eigenvalue weighted by Crippen LogP contribution is -2.12. The molecule has 1 fully saturated rings. The molecule has 1 aliphatic carbocycles. The summed E-state index contributed by atoms with van der Waals surface area (Å²) in [5.74, 6) is 3.83. The summed E-state index contributed by atoms with van der Waals surface area (Å²) in [5, 5.41) is 0. The highest BCUT2D eigenvalue weighted by molar-refractivity contribution is 6.17. The van der Waals surface area contributed by atoms with Gasteiger partial charge < -0.3 is 9.30 Å². The lowest BCUT2D eigenvalue weighted by molar-refractivity contribution is 0.397. The monoisotopic (exact) mass is 307 g/mol. The molecule has 0 N–H and O–H groups in total. The van der Waals surface area contributed by atoms with Crippen molar-refractivity contribution >= 4 is 22.8 Å². The number of nitrogens with zero attached hydrogens (tertiary/aromatic N) is 3. The fourth-order valence-corrected chi connectivity index (χ4v) is 3.53. The van der Waals surface area contributed by atoms with Crippen molar-refractivity contribution in [2.45, 2.75) is 39.2 Å². The molecular weight excluding hydrogens is 286 g/mol. The first-order valence-electron chi connectivity index (χ1n) is 7.67. The molecule has 4 nitrogen and oxygen atoms in total. The van der Waals surface area contributed by atoms with E-state index in [-0.39, 0.29) is 0 Å². The molecule has 21 heavy (non-hydrogen) atoms. The van der Waals surface area contributed by atoms with E-state index >= 15 is 0 Å². The molecule has 0 amide bonds. The van der Waals surface area contributed by atoms with Gasteiger partial charge in [0.1, 0.15) is 11.3 Å². The van der Waals surface area contributed by atoms with Crippen LogP contribution in [0.15, 0.2) is 12.1 Å². The Kier molecular flexibility index (Phi) is 4.34. The molecule has 0 radical (unpaired) electrons. The van der Waals surface area contributed by atoms with Crippen LogP contribution in [-0.4, -0.2) is 27.5 Å². The second-order valence-electron chi connectivity index (χ2n) is 6.06. The van der Waals surface area contributed by atoms with Gasteiger partial charge in [-0.25, -0.2) is 4.98 Å². The Hall–Kier alpha value is -1.29. The normalized spacial score (nSPS) is 22.0. The maximum Gasteiger partial charge on any atom is 0.215 e. The highest BCUT2D eigenvalue weighted by Gasteiger charge is 2.24. The van der Waals surface area contributed by atoms with E-state index in [1.807, 2.05) is 12.1 Å². The maximum absolute atomic E-state index is 5.94. The molecule has 0 aromatic carbocycles. The number of imidazole rings is 1. The number of ether oxygens (including phenoxy) is 1. The van der Waals surface area contributed by atoms with E-state index in [9.17, 15) is 0 Å². The number of halogens is 1. The SMILES string of the molecule is COc1ccc2nc(CCCl)n(CC3CCC(C)C3)c2n1. The molecule has 2 unspecified atom stereocenters. The minimum Gasteiger partial charge on any atom is -0.481 e. The highest BCUT2D eigenvalue weighted by atomic mass is 35.5. The summed E-state index contributed by atoms with van der Waals surface area (Å²) in [5.41, 5.74) is 1.86. The number of hydrogen-bond donors (Lipinski definition) is 0. The van der Waals surface area contributed by atoms with Gasteiger partial charge in [0.15, 0.2) is 5.65 Å². The van der Waals surface area contributed by atoms with Crippen molar-refractivity contribution in [1.82, 2.24) is 14.5 Å². The number of hydrogen-bond acceptors (Lipinski definition) is 3. The van der Waals surface area contributed by atoms with Crippen LogP contribution in [0.1, 0.15) is 32.0 Å². The van der Waals surface area contributed by atoms with Crippen LogP contribution >= 0.6 is 11.6 Å². The van der Waals surface area contributed by atoms with Crippen LogP contribution in [0.3, 0.4) is 0 Å². The Balaban J connectivity index is 1.97. The Morgan fingerprint density at radius 2 is 2.19 bits per heavy atom. The third-order valence-electron chi connectivity index (χ3n) is 4.42. The van der Waals surface area contributed by atoms with Crippen molar-refractivity contribution in [2.75, 3.05) is 13.0 Å². The van der Waals surface area contributed by atoms with E-state index in [0.29, 0.717) is 11.8 Å². The number of aryl methyl sites for hydroxylation is 1. The van der Waals surface area contributed by atoms with Gasteiger partial charge in [0.25, 0.3) is 0 Å². The van der Waals surface area contributed by atoms with E-state index in [1.54, 1.807) is 7.11 Å². The number of alkyl halides is 1. The molecule has 2 heterocycles. The summed E-state index contributed by atoms with van der Waals surface area (Å²) in [6.07, 6.45) is 4.70. The number of methoxy groups -OCH3 is 1. The number of aromatic nitrogens is 3. The number of pyridine rings is 1. The van der Waals surface area contributed by atoms with Crippen LogP contribution in [-0.2, 0) is 13.0 Å². The van der Waals surface area contributed by atoms with Crippen molar-refractivity contribution in [3.8, 4) is 5.88 Å². The van der Waals surface area contributed by atoms with Gasteiger partial charge in [-0.1, -0.05) is 13.3 Å². The Morgan fingerprint density at radius 3 is 2.86 bits per heavy atom. The molecular formula is C16H22ClN3O. The summed E-state index contributed by atoms with van der Waals surface area (Å²) < 4.78 is 7.51. The van der Waals surface area contributed by atoms with Crippen LogP contribution in [0.4, 0.5) is 0 Å². The molecule has 2 atom stereocenters. The van der Waals surface area contributed by atoms with Crippen molar-refractivity contribution in [3.63, 3.8) is 0 Å². The molecule has 3 rings (SSSR count). The number of fused-ring (bicyclic) bond motifs is 1. The van der Waals surface area contributed by atoms with Crippen molar-refractivity contribution in [2.24, 2.45) is 11.8 Å².